The Hall–Kier alpha value is -0.800. The Balaban J connectivity index is 2.18. The predicted octanol–water partition coefficient (Wildman–Crippen LogP) is 2.02. The number of nitrogens with one attached hydrogen (secondary N) is 1. The summed E-state index contributed by atoms with van der Waals surface area (Å²) >= 11 is 0. The molecule has 0 spiro atoms. The Morgan fingerprint density at radius 2 is 2.27 bits per heavy atom. The highest BCUT2D eigenvalue weighted by Gasteiger charge is 2.04. The highest BCUT2D eigenvalue weighted by Crippen LogP contribution is 2.10. The van der Waals surface area contributed by atoms with E-state index in [4.69, 9.17) is 4.42 Å². The molecule has 3 nitrogen and oxygen atoms in total. The van der Waals surface area contributed by atoms with E-state index in [1.165, 1.54) is 12.0 Å². The molecule has 0 fully saturated rings. The minimum atomic E-state index is 0.981. The van der Waals surface area contributed by atoms with Gasteiger partial charge in [-0.05, 0) is 46.1 Å². The number of hydrogen-bond donors (Lipinski definition) is 1. The molecule has 1 aromatic rings. The van der Waals surface area contributed by atoms with Gasteiger partial charge in [-0.1, -0.05) is 6.92 Å². The summed E-state index contributed by atoms with van der Waals surface area (Å²) in [6, 6.07) is 2.05. The van der Waals surface area contributed by atoms with Crippen molar-refractivity contribution in [2.75, 3.05) is 26.7 Å². The highest BCUT2D eigenvalue weighted by atomic mass is 16.3. The smallest absolute Gasteiger partial charge is 0.105 e. The van der Waals surface area contributed by atoms with Crippen LogP contribution in [0, 0.1) is 6.92 Å². The summed E-state index contributed by atoms with van der Waals surface area (Å²) in [5.41, 5.74) is 1.29. The van der Waals surface area contributed by atoms with E-state index in [-0.39, 0.29) is 0 Å². The molecule has 1 heterocycles. The van der Waals surface area contributed by atoms with Crippen LogP contribution >= 0.6 is 0 Å². The van der Waals surface area contributed by atoms with Crippen molar-refractivity contribution >= 4 is 0 Å². The summed E-state index contributed by atoms with van der Waals surface area (Å²) in [5, 5.41) is 3.33. The summed E-state index contributed by atoms with van der Waals surface area (Å²) in [4.78, 5) is 2.33. The second-order valence-corrected chi connectivity index (χ2v) is 3.95. The van der Waals surface area contributed by atoms with Crippen molar-refractivity contribution in [3.05, 3.63) is 23.7 Å². The third-order valence-corrected chi connectivity index (χ3v) is 2.55. The monoisotopic (exact) mass is 210 g/mol. The first-order valence-corrected chi connectivity index (χ1v) is 5.66. The Kier molecular flexibility index (Phi) is 5.43. The van der Waals surface area contributed by atoms with Gasteiger partial charge >= 0.3 is 0 Å². The van der Waals surface area contributed by atoms with Crippen LogP contribution in [-0.4, -0.2) is 31.6 Å². The topological polar surface area (TPSA) is 28.4 Å². The summed E-state index contributed by atoms with van der Waals surface area (Å²) in [6.45, 7) is 8.42. The minimum absolute atomic E-state index is 0.981. The fraction of sp³-hybridized carbons (Fsp3) is 0.667. The standard InChI is InChI=1S/C12H22N2O/c1-4-13-7-5-8-14(3)10-12-6-9-15-11(12)2/h6,9,13H,4-5,7-8,10H2,1-3H3. The van der Waals surface area contributed by atoms with Gasteiger partial charge in [0.15, 0.2) is 0 Å². The largest absolute Gasteiger partial charge is 0.469 e. The van der Waals surface area contributed by atoms with Gasteiger partial charge in [0.05, 0.1) is 6.26 Å². The van der Waals surface area contributed by atoms with Gasteiger partial charge in [-0.3, -0.25) is 0 Å². The van der Waals surface area contributed by atoms with Crippen LogP contribution in [0.1, 0.15) is 24.7 Å². The van der Waals surface area contributed by atoms with Crippen molar-refractivity contribution in [1.82, 2.24) is 10.2 Å². The van der Waals surface area contributed by atoms with Gasteiger partial charge in [0.25, 0.3) is 0 Å². The van der Waals surface area contributed by atoms with Crippen molar-refractivity contribution in [2.24, 2.45) is 0 Å². The van der Waals surface area contributed by atoms with E-state index in [2.05, 4.69) is 30.3 Å². The van der Waals surface area contributed by atoms with Gasteiger partial charge in [0, 0.05) is 12.1 Å². The van der Waals surface area contributed by atoms with Crippen LogP contribution in [0.25, 0.3) is 0 Å². The van der Waals surface area contributed by atoms with Crippen LogP contribution < -0.4 is 5.32 Å². The average Bonchev–Trinajstić information content (AvgIpc) is 2.59. The number of nitrogens with zero attached hydrogens (tertiary/aromatic N) is 1. The zero-order valence-electron chi connectivity index (χ0n) is 10.0. The molecule has 86 valence electrons. The summed E-state index contributed by atoms with van der Waals surface area (Å²) in [7, 11) is 2.15. The van der Waals surface area contributed by atoms with Crippen LogP contribution in [0.15, 0.2) is 16.7 Å². The fourth-order valence-corrected chi connectivity index (χ4v) is 1.60. The van der Waals surface area contributed by atoms with Crippen LogP contribution in [-0.2, 0) is 6.54 Å². The molecule has 1 N–H and O–H groups in total. The van der Waals surface area contributed by atoms with Gasteiger partial charge in [-0.25, -0.2) is 0 Å². The molecule has 0 bridgehead atoms. The van der Waals surface area contributed by atoms with E-state index < -0.39 is 0 Å². The van der Waals surface area contributed by atoms with Crippen LogP contribution in [0.2, 0.25) is 0 Å². The number of furan rings is 1. The molecule has 0 atom stereocenters. The molecule has 0 amide bonds. The Morgan fingerprint density at radius 3 is 2.87 bits per heavy atom. The van der Waals surface area contributed by atoms with Crippen molar-refractivity contribution in [1.29, 1.82) is 0 Å². The lowest BCUT2D eigenvalue weighted by Crippen LogP contribution is -2.23. The first kappa shape index (κ1) is 12.3. The Bertz CT molecular complexity index is 270. The molecule has 0 aliphatic heterocycles. The summed E-state index contributed by atoms with van der Waals surface area (Å²) in [6.07, 6.45) is 2.96. The maximum atomic E-state index is 5.27. The maximum Gasteiger partial charge on any atom is 0.105 e. The van der Waals surface area contributed by atoms with Crippen LogP contribution in [0.4, 0.5) is 0 Å². The number of rotatable bonds is 7. The zero-order chi connectivity index (χ0) is 11.1. The lowest BCUT2D eigenvalue weighted by atomic mass is 10.2. The van der Waals surface area contributed by atoms with Gasteiger partial charge in [0.2, 0.25) is 0 Å². The van der Waals surface area contributed by atoms with Crippen LogP contribution in [0.5, 0.6) is 0 Å². The second-order valence-electron chi connectivity index (χ2n) is 3.95. The molecule has 1 aromatic heterocycles. The summed E-state index contributed by atoms with van der Waals surface area (Å²) < 4.78 is 5.27. The molecule has 15 heavy (non-hydrogen) atoms. The van der Waals surface area contributed by atoms with Crippen molar-refractivity contribution in [2.45, 2.75) is 26.8 Å². The van der Waals surface area contributed by atoms with Crippen molar-refractivity contribution in [3.8, 4) is 0 Å². The SMILES string of the molecule is CCNCCCN(C)Cc1ccoc1C. The van der Waals surface area contributed by atoms with Gasteiger partial charge in [-0.2, -0.15) is 0 Å². The molecule has 1 rings (SSSR count). The van der Waals surface area contributed by atoms with E-state index in [0.29, 0.717) is 0 Å². The molecular weight excluding hydrogens is 188 g/mol. The molecule has 0 aliphatic rings. The third kappa shape index (κ3) is 4.49. The molecule has 0 aliphatic carbocycles. The second kappa shape index (κ2) is 6.64. The zero-order valence-corrected chi connectivity index (χ0v) is 10.0. The Morgan fingerprint density at radius 1 is 1.47 bits per heavy atom. The number of aryl methyl sites for hydroxylation is 1. The first-order valence-electron chi connectivity index (χ1n) is 5.66. The van der Waals surface area contributed by atoms with Crippen molar-refractivity contribution < 1.29 is 4.42 Å². The molecule has 0 aromatic carbocycles. The fourth-order valence-electron chi connectivity index (χ4n) is 1.60. The molecule has 0 radical (unpaired) electrons. The molecule has 0 unspecified atom stereocenters. The van der Waals surface area contributed by atoms with Gasteiger partial charge in [0.1, 0.15) is 5.76 Å². The Labute approximate surface area is 92.5 Å². The van der Waals surface area contributed by atoms with Crippen molar-refractivity contribution in [3.63, 3.8) is 0 Å². The third-order valence-electron chi connectivity index (χ3n) is 2.55. The van der Waals surface area contributed by atoms with E-state index in [1.807, 2.05) is 6.92 Å². The summed E-state index contributed by atoms with van der Waals surface area (Å²) in [5.74, 6) is 1.04. The quantitative estimate of drug-likeness (QED) is 0.698. The molecule has 3 heteroatoms. The molecule has 0 saturated carbocycles. The lowest BCUT2D eigenvalue weighted by Gasteiger charge is -2.15. The van der Waals surface area contributed by atoms with E-state index in [9.17, 15) is 0 Å². The highest BCUT2D eigenvalue weighted by molar-refractivity contribution is 5.14. The van der Waals surface area contributed by atoms with E-state index in [0.717, 1.165) is 31.9 Å². The lowest BCUT2D eigenvalue weighted by molar-refractivity contribution is 0.317. The van der Waals surface area contributed by atoms with Crippen LogP contribution in [0.3, 0.4) is 0 Å². The van der Waals surface area contributed by atoms with E-state index >= 15 is 0 Å². The minimum Gasteiger partial charge on any atom is -0.469 e. The van der Waals surface area contributed by atoms with Gasteiger partial charge in [-0.15, -0.1) is 0 Å². The normalized spacial score (nSPS) is 11.2. The van der Waals surface area contributed by atoms with E-state index in [1.54, 1.807) is 6.26 Å². The maximum absolute atomic E-state index is 5.27. The predicted molar refractivity (Wildman–Crippen MR) is 62.9 cm³/mol. The molecular formula is C12H22N2O. The average molecular weight is 210 g/mol. The number of hydrogen-bond acceptors (Lipinski definition) is 3. The first-order chi connectivity index (χ1) is 7.24. The molecule has 0 saturated heterocycles. The van der Waals surface area contributed by atoms with Gasteiger partial charge < -0.3 is 14.6 Å².